The maximum Gasteiger partial charge on any atom is 0.221 e. The molecular weight excluding hydrogens is 238 g/mol. The monoisotopic (exact) mass is 255 g/mol. The van der Waals surface area contributed by atoms with E-state index < -0.39 is 0 Å². The number of carbonyl (C=O) groups is 1. The first-order valence-electron chi connectivity index (χ1n) is 5.58. The molecular formula is C12H18ClN3O. The smallest absolute Gasteiger partial charge is 0.221 e. The third kappa shape index (κ3) is 4.53. The molecule has 0 heterocycles. The van der Waals surface area contributed by atoms with Gasteiger partial charge in [-0.3, -0.25) is 4.79 Å². The molecule has 1 aromatic carbocycles. The topological polar surface area (TPSA) is 67.2 Å². The number of benzene rings is 1. The number of hydrogen-bond donors (Lipinski definition) is 3. The highest BCUT2D eigenvalue weighted by atomic mass is 35.5. The van der Waals surface area contributed by atoms with E-state index in [0.29, 0.717) is 23.7 Å². The standard InChI is InChI=1S/C12H18ClN3O/c1-8(2)16-11(17)6-7-15-10-5-3-4-9(13)12(10)14/h3-5,8,15H,6-7,14H2,1-2H3,(H,16,17). The van der Waals surface area contributed by atoms with Crippen molar-refractivity contribution >= 4 is 28.9 Å². The van der Waals surface area contributed by atoms with Crippen LogP contribution >= 0.6 is 11.6 Å². The van der Waals surface area contributed by atoms with Crippen LogP contribution in [0.2, 0.25) is 5.02 Å². The maximum absolute atomic E-state index is 11.4. The number of anilines is 2. The minimum Gasteiger partial charge on any atom is -0.396 e. The molecule has 0 aliphatic heterocycles. The quantitative estimate of drug-likeness (QED) is 0.707. The van der Waals surface area contributed by atoms with Gasteiger partial charge in [0, 0.05) is 19.0 Å². The summed E-state index contributed by atoms with van der Waals surface area (Å²) in [6.07, 6.45) is 0.407. The lowest BCUT2D eigenvalue weighted by Crippen LogP contribution is -2.31. The van der Waals surface area contributed by atoms with Gasteiger partial charge in [-0.15, -0.1) is 0 Å². The lowest BCUT2D eigenvalue weighted by Gasteiger charge is -2.11. The Kier molecular flexibility index (Phi) is 5.10. The van der Waals surface area contributed by atoms with E-state index in [1.807, 2.05) is 26.0 Å². The van der Waals surface area contributed by atoms with Gasteiger partial charge >= 0.3 is 0 Å². The second-order valence-corrected chi connectivity index (χ2v) is 4.51. The molecule has 0 atom stereocenters. The summed E-state index contributed by atoms with van der Waals surface area (Å²) in [5, 5.41) is 6.42. The van der Waals surface area contributed by atoms with Crippen molar-refractivity contribution in [3.63, 3.8) is 0 Å². The highest BCUT2D eigenvalue weighted by Crippen LogP contribution is 2.26. The molecule has 0 aromatic heterocycles. The van der Waals surface area contributed by atoms with Crippen LogP contribution in [0, 0.1) is 0 Å². The highest BCUT2D eigenvalue weighted by Gasteiger charge is 2.05. The van der Waals surface area contributed by atoms with Crippen LogP contribution in [0.3, 0.4) is 0 Å². The molecule has 4 nitrogen and oxygen atoms in total. The first-order valence-corrected chi connectivity index (χ1v) is 5.95. The fourth-order valence-corrected chi connectivity index (χ4v) is 1.57. The van der Waals surface area contributed by atoms with Gasteiger partial charge in [-0.05, 0) is 26.0 Å². The molecule has 0 saturated heterocycles. The van der Waals surface area contributed by atoms with Gasteiger partial charge in [0.25, 0.3) is 0 Å². The van der Waals surface area contributed by atoms with E-state index >= 15 is 0 Å². The summed E-state index contributed by atoms with van der Waals surface area (Å²) < 4.78 is 0. The summed E-state index contributed by atoms with van der Waals surface area (Å²) in [5.41, 5.74) is 7.06. The van der Waals surface area contributed by atoms with Crippen molar-refractivity contribution < 1.29 is 4.79 Å². The minimum absolute atomic E-state index is 0.0214. The molecule has 0 radical (unpaired) electrons. The molecule has 0 spiro atoms. The second-order valence-electron chi connectivity index (χ2n) is 4.10. The summed E-state index contributed by atoms with van der Waals surface area (Å²) in [4.78, 5) is 11.4. The Morgan fingerprint density at radius 2 is 2.18 bits per heavy atom. The largest absolute Gasteiger partial charge is 0.396 e. The van der Waals surface area contributed by atoms with Crippen LogP contribution in [-0.2, 0) is 4.79 Å². The van der Waals surface area contributed by atoms with Gasteiger partial charge in [-0.2, -0.15) is 0 Å². The molecule has 0 unspecified atom stereocenters. The zero-order valence-corrected chi connectivity index (χ0v) is 10.8. The van der Waals surface area contributed by atoms with Gasteiger partial charge in [0.2, 0.25) is 5.91 Å². The van der Waals surface area contributed by atoms with Crippen molar-refractivity contribution in [2.75, 3.05) is 17.6 Å². The average Bonchev–Trinajstić information content (AvgIpc) is 2.23. The molecule has 0 bridgehead atoms. The zero-order chi connectivity index (χ0) is 12.8. The van der Waals surface area contributed by atoms with E-state index in [0.717, 1.165) is 5.69 Å². The molecule has 0 saturated carbocycles. The molecule has 0 fully saturated rings. The van der Waals surface area contributed by atoms with Crippen LogP contribution in [0.1, 0.15) is 20.3 Å². The van der Waals surface area contributed by atoms with Gasteiger partial charge in [-0.1, -0.05) is 17.7 Å². The van der Waals surface area contributed by atoms with E-state index in [4.69, 9.17) is 17.3 Å². The first kappa shape index (κ1) is 13.6. The van der Waals surface area contributed by atoms with Gasteiger partial charge in [0.15, 0.2) is 0 Å². The number of nitrogens with two attached hydrogens (primary N) is 1. The molecule has 1 amide bonds. The Labute approximate surface area is 107 Å². The van der Waals surface area contributed by atoms with Gasteiger partial charge < -0.3 is 16.4 Å². The van der Waals surface area contributed by atoms with E-state index in [1.165, 1.54) is 0 Å². The number of amides is 1. The number of para-hydroxylation sites is 1. The summed E-state index contributed by atoms with van der Waals surface area (Å²) >= 11 is 5.88. The zero-order valence-electron chi connectivity index (χ0n) is 10.1. The minimum atomic E-state index is 0.0214. The molecule has 1 rings (SSSR count). The van der Waals surface area contributed by atoms with Crippen LogP contribution < -0.4 is 16.4 Å². The number of nitrogen functional groups attached to an aromatic ring is 1. The Morgan fingerprint density at radius 1 is 1.47 bits per heavy atom. The molecule has 5 heteroatoms. The Hall–Kier alpha value is -1.42. The molecule has 17 heavy (non-hydrogen) atoms. The van der Waals surface area contributed by atoms with Gasteiger partial charge in [0.1, 0.15) is 0 Å². The lowest BCUT2D eigenvalue weighted by atomic mass is 10.2. The van der Waals surface area contributed by atoms with Crippen molar-refractivity contribution in [3.05, 3.63) is 23.2 Å². The Bertz CT molecular complexity index is 393. The number of nitrogens with one attached hydrogen (secondary N) is 2. The normalized spacial score (nSPS) is 10.4. The number of rotatable bonds is 5. The third-order valence-electron chi connectivity index (χ3n) is 2.17. The van der Waals surface area contributed by atoms with Crippen molar-refractivity contribution in [3.8, 4) is 0 Å². The van der Waals surface area contributed by atoms with E-state index in [1.54, 1.807) is 6.07 Å². The molecule has 0 aliphatic rings. The summed E-state index contributed by atoms with van der Waals surface area (Å²) in [5.74, 6) is 0.0214. The molecule has 94 valence electrons. The average molecular weight is 256 g/mol. The Morgan fingerprint density at radius 3 is 2.82 bits per heavy atom. The van der Waals surface area contributed by atoms with Crippen LogP contribution in [0.25, 0.3) is 0 Å². The summed E-state index contributed by atoms with van der Waals surface area (Å²) in [7, 11) is 0. The number of hydrogen-bond acceptors (Lipinski definition) is 3. The highest BCUT2D eigenvalue weighted by molar-refractivity contribution is 6.33. The second kappa shape index (κ2) is 6.35. The van der Waals surface area contributed by atoms with Crippen LogP contribution in [0.5, 0.6) is 0 Å². The van der Waals surface area contributed by atoms with Crippen molar-refractivity contribution in [2.45, 2.75) is 26.3 Å². The molecule has 4 N–H and O–H groups in total. The van der Waals surface area contributed by atoms with Crippen molar-refractivity contribution in [1.82, 2.24) is 5.32 Å². The van der Waals surface area contributed by atoms with Gasteiger partial charge in [0.05, 0.1) is 16.4 Å². The van der Waals surface area contributed by atoms with Crippen LogP contribution in [0.15, 0.2) is 18.2 Å². The molecule has 0 aliphatic carbocycles. The Balaban J connectivity index is 2.41. The fraction of sp³-hybridized carbons (Fsp3) is 0.417. The van der Waals surface area contributed by atoms with E-state index in [9.17, 15) is 4.79 Å². The third-order valence-corrected chi connectivity index (χ3v) is 2.50. The predicted octanol–water partition coefficient (Wildman–Crippen LogP) is 2.25. The van der Waals surface area contributed by atoms with Gasteiger partial charge in [-0.25, -0.2) is 0 Å². The predicted molar refractivity (Wildman–Crippen MR) is 72.2 cm³/mol. The molecule has 1 aromatic rings. The fourth-order valence-electron chi connectivity index (χ4n) is 1.40. The van der Waals surface area contributed by atoms with Crippen molar-refractivity contribution in [1.29, 1.82) is 0 Å². The van der Waals surface area contributed by atoms with E-state index in [2.05, 4.69) is 10.6 Å². The first-order chi connectivity index (χ1) is 8.00. The SMILES string of the molecule is CC(C)NC(=O)CCNc1cccc(Cl)c1N. The van der Waals surface area contributed by atoms with E-state index in [-0.39, 0.29) is 11.9 Å². The summed E-state index contributed by atoms with van der Waals surface area (Å²) in [6, 6.07) is 5.54. The van der Waals surface area contributed by atoms with Crippen LogP contribution in [0.4, 0.5) is 11.4 Å². The number of carbonyl (C=O) groups excluding carboxylic acids is 1. The van der Waals surface area contributed by atoms with Crippen LogP contribution in [-0.4, -0.2) is 18.5 Å². The summed E-state index contributed by atoms with van der Waals surface area (Å²) in [6.45, 7) is 4.39. The maximum atomic E-state index is 11.4. The van der Waals surface area contributed by atoms with Crippen molar-refractivity contribution in [2.24, 2.45) is 0 Å². The lowest BCUT2D eigenvalue weighted by molar-refractivity contribution is -0.121. The number of halogens is 1.